The summed E-state index contributed by atoms with van der Waals surface area (Å²) in [5.41, 5.74) is 6.18. The number of hydrogen-bond donors (Lipinski definition) is 0. The lowest BCUT2D eigenvalue weighted by Crippen LogP contribution is -2.09. The number of esters is 1. The Kier molecular flexibility index (Phi) is 12.2. The summed E-state index contributed by atoms with van der Waals surface area (Å²) < 4.78 is 22.8. The van der Waals surface area contributed by atoms with Crippen molar-refractivity contribution in [1.82, 2.24) is 0 Å². The zero-order chi connectivity index (χ0) is 28.1. The second-order valence-electron chi connectivity index (χ2n) is 8.09. The molecule has 0 radical (unpaired) electrons. The highest BCUT2D eigenvalue weighted by Crippen LogP contribution is 2.34. The lowest BCUT2D eigenvalue weighted by atomic mass is 9.98. The van der Waals surface area contributed by atoms with E-state index in [1.807, 2.05) is 84.0 Å². The summed E-state index contributed by atoms with van der Waals surface area (Å²) in [6.45, 7) is 18.4. The second kappa shape index (κ2) is 15.3. The fraction of sp³-hybridized carbons (Fsp3) is 0.303. The first kappa shape index (κ1) is 30.2. The van der Waals surface area contributed by atoms with Crippen molar-refractivity contribution in [3.05, 3.63) is 96.0 Å². The van der Waals surface area contributed by atoms with Crippen molar-refractivity contribution < 1.29 is 23.1 Å². The van der Waals surface area contributed by atoms with Gasteiger partial charge in [-0.2, -0.15) is 0 Å². The molecule has 202 valence electrons. The molecule has 2 heterocycles. The highest BCUT2D eigenvalue weighted by atomic mass is 16.5. The molecule has 4 rings (SSSR count). The van der Waals surface area contributed by atoms with Gasteiger partial charge in [-0.25, -0.2) is 0 Å². The molecule has 0 aliphatic rings. The average molecular weight is 517 g/mol. The van der Waals surface area contributed by atoms with E-state index in [4.69, 9.17) is 18.3 Å². The van der Waals surface area contributed by atoms with Crippen LogP contribution in [-0.2, 0) is 22.6 Å². The van der Waals surface area contributed by atoms with Crippen LogP contribution < -0.4 is 4.74 Å². The van der Waals surface area contributed by atoms with Gasteiger partial charge < -0.3 is 18.3 Å². The Balaban J connectivity index is 0.00000121. The second-order valence-corrected chi connectivity index (χ2v) is 8.09. The molecule has 0 amide bonds. The van der Waals surface area contributed by atoms with E-state index >= 15 is 0 Å². The molecule has 0 spiro atoms. The first-order chi connectivity index (χ1) is 18.5. The van der Waals surface area contributed by atoms with E-state index in [2.05, 4.69) is 18.7 Å². The number of hydrogen-bond acceptors (Lipinski definition) is 5. The molecule has 4 aromatic rings. The van der Waals surface area contributed by atoms with Crippen molar-refractivity contribution in [2.24, 2.45) is 0 Å². The molecule has 0 saturated carbocycles. The van der Waals surface area contributed by atoms with Gasteiger partial charge in [0.25, 0.3) is 0 Å². The van der Waals surface area contributed by atoms with Gasteiger partial charge in [-0.15, -0.1) is 0 Å². The summed E-state index contributed by atoms with van der Waals surface area (Å²) in [5.74, 6) is 0.331. The summed E-state index contributed by atoms with van der Waals surface area (Å²) in [5, 5.41) is 1.81. The molecular formula is C33H40O5. The fourth-order valence-corrected chi connectivity index (χ4v) is 4.00. The van der Waals surface area contributed by atoms with Gasteiger partial charge in [-0.1, -0.05) is 64.1 Å². The first-order valence-electron chi connectivity index (χ1n) is 13.3. The SMILES string of the molecule is C=C(C)/C=C(\C=C/C)c1cc(COc2c(CC(=O)OCC)ccc3occc23)cc2ccoc12.CC.CC. The van der Waals surface area contributed by atoms with Crippen molar-refractivity contribution >= 4 is 33.5 Å². The highest BCUT2D eigenvalue weighted by molar-refractivity contribution is 5.93. The molecule has 2 aromatic heterocycles. The summed E-state index contributed by atoms with van der Waals surface area (Å²) in [7, 11) is 0. The van der Waals surface area contributed by atoms with Crippen LogP contribution >= 0.6 is 0 Å². The zero-order valence-electron chi connectivity index (χ0n) is 23.7. The fourth-order valence-electron chi connectivity index (χ4n) is 4.00. The molecule has 5 nitrogen and oxygen atoms in total. The van der Waals surface area contributed by atoms with Gasteiger partial charge in [0.05, 0.1) is 30.9 Å². The van der Waals surface area contributed by atoms with Crippen LogP contribution in [0.4, 0.5) is 0 Å². The van der Waals surface area contributed by atoms with E-state index in [0.29, 0.717) is 24.5 Å². The van der Waals surface area contributed by atoms with Crippen LogP contribution in [0.25, 0.3) is 27.5 Å². The minimum Gasteiger partial charge on any atom is -0.488 e. The Hall–Kier alpha value is -3.99. The Morgan fingerprint density at radius 3 is 2.45 bits per heavy atom. The molecule has 0 fully saturated rings. The van der Waals surface area contributed by atoms with Crippen molar-refractivity contribution in [2.75, 3.05) is 6.61 Å². The lowest BCUT2D eigenvalue weighted by molar-refractivity contribution is -0.142. The monoisotopic (exact) mass is 516 g/mol. The molecule has 38 heavy (non-hydrogen) atoms. The third kappa shape index (κ3) is 7.51. The Bertz CT molecular complexity index is 1400. The van der Waals surface area contributed by atoms with Crippen molar-refractivity contribution in [2.45, 2.75) is 61.5 Å². The highest BCUT2D eigenvalue weighted by Gasteiger charge is 2.16. The maximum absolute atomic E-state index is 12.2. The van der Waals surface area contributed by atoms with Crippen LogP contribution in [0.5, 0.6) is 5.75 Å². The maximum atomic E-state index is 12.2. The number of carbonyl (C=O) groups excluding carboxylic acids is 1. The van der Waals surface area contributed by atoms with Gasteiger partial charge in [-0.05, 0) is 62.2 Å². The Labute approximate surface area is 226 Å². The summed E-state index contributed by atoms with van der Waals surface area (Å²) >= 11 is 0. The molecular weight excluding hydrogens is 476 g/mol. The minimum atomic E-state index is -0.293. The average Bonchev–Trinajstić information content (AvgIpc) is 3.59. The summed E-state index contributed by atoms with van der Waals surface area (Å²) in [4.78, 5) is 12.2. The molecule has 5 heteroatoms. The number of rotatable bonds is 9. The van der Waals surface area contributed by atoms with Crippen LogP contribution in [-0.4, -0.2) is 12.6 Å². The topological polar surface area (TPSA) is 61.8 Å². The Morgan fingerprint density at radius 1 is 1.03 bits per heavy atom. The molecule has 0 aliphatic heterocycles. The maximum Gasteiger partial charge on any atom is 0.310 e. The Morgan fingerprint density at radius 2 is 1.76 bits per heavy atom. The molecule has 0 saturated heterocycles. The number of carbonyl (C=O) groups is 1. The molecule has 0 bridgehead atoms. The molecule has 0 atom stereocenters. The van der Waals surface area contributed by atoms with E-state index in [9.17, 15) is 4.79 Å². The van der Waals surface area contributed by atoms with E-state index in [0.717, 1.165) is 44.2 Å². The smallest absolute Gasteiger partial charge is 0.310 e. The van der Waals surface area contributed by atoms with E-state index in [1.165, 1.54) is 0 Å². The quantitative estimate of drug-likeness (QED) is 0.164. The van der Waals surface area contributed by atoms with E-state index in [-0.39, 0.29) is 12.4 Å². The first-order valence-corrected chi connectivity index (χ1v) is 13.3. The van der Waals surface area contributed by atoms with Gasteiger partial charge in [0.1, 0.15) is 23.5 Å². The number of furan rings is 2. The van der Waals surface area contributed by atoms with Crippen LogP contribution in [0, 0.1) is 0 Å². The number of ether oxygens (including phenoxy) is 2. The molecule has 2 aromatic carbocycles. The standard InChI is InChI=1S/C29H28O5.2C2H6/c1-5-7-21(14-19(3)4)25-16-20(15-23-10-12-33-29(23)25)18-34-28-22(17-27(30)31-6-2)8-9-26-24(28)11-13-32-26;2*1-2/h5,7-16H,3,6,17-18H2,1-2,4H3;2*1-2H3/b7-5-,21-14+;;. The largest absolute Gasteiger partial charge is 0.488 e. The third-order valence-electron chi connectivity index (χ3n) is 5.36. The zero-order valence-corrected chi connectivity index (χ0v) is 23.7. The predicted octanol–water partition coefficient (Wildman–Crippen LogP) is 9.45. The summed E-state index contributed by atoms with van der Waals surface area (Å²) in [6.07, 6.45) is 9.51. The van der Waals surface area contributed by atoms with Crippen LogP contribution in [0.15, 0.2) is 88.1 Å². The summed E-state index contributed by atoms with van der Waals surface area (Å²) in [6, 6.07) is 11.6. The van der Waals surface area contributed by atoms with Crippen LogP contribution in [0.3, 0.4) is 0 Å². The lowest BCUT2D eigenvalue weighted by Gasteiger charge is -2.14. The number of fused-ring (bicyclic) bond motifs is 2. The van der Waals surface area contributed by atoms with Gasteiger partial charge >= 0.3 is 5.97 Å². The number of allylic oxidation sites excluding steroid dienone is 5. The van der Waals surface area contributed by atoms with E-state index in [1.54, 1.807) is 19.5 Å². The van der Waals surface area contributed by atoms with Gasteiger partial charge in [-0.3, -0.25) is 4.79 Å². The third-order valence-corrected chi connectivity index (χ3v) is 5.36. The number of benzene rings is 2. The predicted molar refractivity (Wildman–Crippen MR) is 157 cm³/mol. The van der Waals surface area contributed by atoms with E-state index < -0.39 is 0 Å². The molecule has 0 N–H and O–H groups in total. The van der Waals surface area contributed by atoms with Gasteiger partial charge in [0.15, 0.2) is 0 Å². The minimum absolute atomic E-state index is 0.128. The van der Waals surface area contributed by atoms with Gasteiger partial charge in [0.2, 0.25) is 0 Å². The molecule has 0 aliphatic carbocycles. The molecule has 0 unspecified atom stereocenters. The van der Waals surface area contributed by atoms with Crippen molar-refractivity contribution in [3.8, 4) is 5.75 Å². The van der Waals surface area contributed by atoms with Crippen LogP contribution in [0.1, 0.15) is 65.2 Å². The van der Waals surface area contributed by atoms with Crippen molar-refractivity contribution in [1.29, 1.82) is 0 Å². The normalized spacial score (nSPS) is 11.1. The van der Waals surface area contributed by atoms with Crippen LogP contribution in [0.2, 0.25) is 0 Å². The van der Waals surface area contributed by atoms with Gasteiger partial charge in [0, 0.05) is 16.5 Å². The van der Waals surface area contributed by atoms with Crippen molar-refractivity contribution in [3.63, 3.8) is 0 Å².